The smallest absolute Gasteiger partial charge is 0.250 e. The van der Waals surface area contributed by atoms with Gasteiger partial charge in [0.05, 0.1) is 17.9 Å². The third-order valence-corrected chi connectivity index (χ3v) is 5.52. The quantitative estimate of drug-likeness (QED) is 0.836. The zero-order valence-corrected chi connectivity index (χ0v) is 15.2. The molecule has 6 heteroatoms. The van der Waals surface area contributed by atoms with Gasteiger partial charge in [-0.1, -0.05) is 6.92 Å². The number of hydrogen-bond donors (Lipinski definition) is 2. The van der Waals surface area contributed by atoms with E-state index in [0.29, 0.717) is 5.56 Å². The summed E-state index contributed by atoms with van der Waals surface area (Å²) in [5.74, 6) is 0.393. The van der Waals surface area contributed by atoms with Crippen molar-refractivity contribution in [2.45, 2.75) is 19.8 Å². The number of piperazine rings is 1. The van der Waals surface area contributed by atoms with Gasteiger partial charge in [-0.15, -0.1) is 0 Å². The third-order valence-electron chi connectivity index (χ3n) is 5.52. The van der Waals surface area contributed by atoms with Gasteiger partial charge in [0, 0.05) is 51.5 Å². The minimum atomic E-state index is -0.354. The number of aliphatic hydroxyl groups is 1. The standard InChI is InChI=1S/C19H30N4O2/c1-15-4-6-23(7-5-15)18-14-16(2-3-17(18)19(20)25)22-10-8-21(9-11-22)12-13-24/h2-3,14-15,24H,4-13H2,1H3,(H2,20,25). The first-order valence-electron chi connectivity index (χ1n) is 9.35. The SMILES string of the molecule is CC1CCN(c2cc(N3CCN(CCO)CC3)ccc2C(N)=O)CC1. The Bertz CT molecular complexity index is 591. The molecule has 3 N–H and O–H groups in total. The molecule has 3 rings (SSSR count). The molecule has 0 unspecified atom stereocenters. The first-order valence-corrected chi connectivity index (χ1v) is 9.35. The van der Waals surface area contributed by atoms with Crippen molar-refractivity contribution in [3.05, 3.63) is 23.8 Å². The van der Waals surface area contributed by atoms with E-state index in [1.165, 1.54) is 0 Å². The van der Waals surface area contributed by atoms with Gasteiger partial charge in [0.1, 0.15) is 0 Å². The average molecular weight is 346 g/mol. The maximum Gasteiger partial charge on any atom is 0.250 e. The van der Waals surface area contributed by atoms with Gasteiger partial charge in [0.25, 0.3) is 5.91 Å². The molecule has 0 aliphatic carbocycles. The van der Waals surface area contributed by atoms with E-state index in [2.05, 4.69) is 27.7 Å². The molecule has 0 spiro atoms. The molecule has 2 saturated heterocycles. The Labute approximate surface area is 150 Å². The second-order valence-corrected chi connectivity index (χ2v) is 7.29. The summed E-state index contributed by atoms with van der Waals surface area (Å²) in [6, 6.07) is 6.03. The van der Waals surface area contributed by atoms with Gasteiger partial charge >= 0.3 is 0 Å². The molecule has 1 aromatic rings. The summed E-state index contributed by atoms with van der Waals surface area (Å²) in [5.41, 5.74) is 8.38. The number of β-amino-alcohol motifs (C(OH)–C–C–N with tert-alkyl or cyclic N) is 1. The van der Waals surface area contributed by atoms with Crippen LogP contribution in [0.25, 0.3) is 0 Å². The fraction of sp³-hybridized carbons (Fsp3) is 0.632. The highest BCUT2D eigenvalue weighted by Crippen LogP contribution is 2.30. The van der Waals surface area contributed by atoms with Crippen LogP contribution in [0.1, 0.15) is 30.1 Å². The summed E-state index contributed by atoms with van der Waals surface area (Å²) in [7, 11) is 0. The Hall–Kier alpha value is -1.79. The molecule has 2 aliphatic heterocycles. The van der Waals surface area contributed by atoms with Crippen molar-refractivity contribution in [1.82, 2.24) is 4.90 Å². The summed E-state index contributed by atoms with van der Waals surface area (Å²) in [4.78, 5) is 18.8. The fourth-order valence-corrected chi connectivity index (χ4v) is 3.81. The van der Waals surface area contributed by atoms with Crippen molar-refractivity contribution >= 4 is 17.3 Å². The van der Waals surface area contributed by atoms with Crippen LogP contribution in [0.2, 0.25) is 0 Å². The van der Waals surface area contributed by atoms with Crippen LogP contribution in [0.3, 0.4) is 0 Å². The van der Waals surface area contributed by atoms with Crippen molar-refractivity contribution in [2.75, 3.05) is 62.2 Å². The Morgan fingerprint density at radius 2 is 1.80 bits per heavy atom. The molecule has 1 aromatic carbocycles. The van der Waals surface area contributed by atoms with E-state index in [4.69, 9.17) is 10.8 Å². The maximum atomic E-state index is 11.9. The largest absolute Gasteiger partial charge is 0.395 e. The molecular weight excluding hydrogens is 316 g/mol. The van der Waals surface area contributed by atoms with E-state index in [1.807, 2.05) is 12.1 Å². The predicted octanol–water partition coefficient (Wildman–Crippen LogP) is 1.14. The molecule has 0 radical (unpaired) electrons. The molecule has 6 nitrogen and oxygen atoms in total. The van der Waals surface area contributed by atoms with Gasteiger partial charge < -0.3 is 20.6 Å². The minimum absolute atomic E-state index is 0.213. The summed E-state index contributed by atoms with van der Waals surface area (Å²) in [6.45, 7) is 8.98. The predicted molar refractivity (Wildman–Crippen MR) is 101 cm³/mol. The molecule has 2 fully saturated rings. The first-order chi connectivity index (χ1) is 12.1. The summed E-state index contributed by atoms with van der Waals surface area (Å²) in [6.07, 6.45) is 2.31. The highest BCUT2D eigenvalue weighted by molar-refractivity contribution is 5.99. The lowest BCUT2D eigenvalue weighted by molar-refractivity contribution is 0.100. The van der Waals surface area contributed by atoms with Crippen LogP contribution in [0.5, 0.6) is 0 Å². The second kappa shape index (κ2) is 8.06. The van der Waals surface area contributed by atoms with Crippen LogP contribution in [-0.2, 0) is 0 Å². The van der Waals surface area contributed by atoms with Gasteiger partial charge in [-0.3, -0.25) is 9.69 Å². The average Bonchev–Trinajstić information content (AvgIpc) is 2.63. The van der Waals surface area contributed by atoms with Gasteiger partial charge in [0.15, 0.2) is 0 Å². The Morgan fingerprint density at radius 3 is 2.40 bits per heavy atom. The van der Waals surface area contributed by atoms with Crippen molar-refractivity contribution in [1.29, 1.82) is 0 Å². The van der Waals surface area contributed by atoms with Crippen LogP contribution in [0.15, 0.2) is 18.2 Å². The Balaban J connectivity index is 1.77. The third kappa shape index (κ3) is 4.25. The summed E-state index contributed by atoms with van der Waals surface area (Å²) < 4.78 is 0. The minimum Gasteiger partial charge on any atom is -0.395 e. The number of nitrogens with zero attached hydrogens (tertiary/aromatic N) is 3. The fourth-order valence-electron chi connectivity index (χ4n) is 3.81. The van der Waals surface area contributed by atoms with E-state index < -0.39 is 0 Å². The van der Waals surface area contributed by atoms with Gasteiger partial charge in [-0.05, 0) is 37.0 Å². The lowest BCUT2D eigenvalue weighted by Gasteiger charge is -2.37. The van der Waals surface area contributed by atoms with Gasteiger partial charge in [0.2, 0.25) is 0 Å². The molecule has 2 aliphatic rings. The van der Waals surface area contributed by atoms with Crippen molar-refractivity contribution in [2.24, 2.45) is 11.7 Å². The number of aliphatic hydroxyl groups excluding tert-OH is 1. The lowest BCUT2D eigenvalue weighted by Crippen LogP contribution is -2.47. The van der Waals surface area contributed by atoms with Gasteiger partial charge in [-0.25, -0.2) is 0 Å². The maximum absolute atomic E-state index is 11.9. The topological polar surface area (TPSA) is 73.0 Å². The second-order valence-electron chi connectivity index (χ2n) is 7.29. The first kappa shape index (κ1) is 18.0. The van der Waals surface area contributed by atoms with Crippen LogP contribution < -0.4 is 15.5 Å². The monoisotopic (exact) mass is 346 g/mol. The molecule has 2 heterocycles. The number of hydrogen-bond acceptors (Lipinski definition) is 5. The number of anilines is 2. The number of piperidine rings is 1. The Morgan fingerprint density at radius 1 is 1.12 bits per heavy atom. The van der Waals surface area contributed by atoms with E-state index in [0.717, 1.165) is 75.9 Å². The molecule has 138 valence electrons. The van der Waals surface area contributed by atoms with Crippen LogP contribution >= 0.6 is 0 Å². The molecule has 0 aromatic heterocycles. The molecular formula is C19H30N4O2. The van der Waals surface area contributed by atoms with E-state index >= 15 is 0 Å². The number of amides is 1. The van der Waals surface area contributed by atoms with Crippen molar-refractivity contribution in [3.63, 3.8) is 0 Å². The van der Waals surface area contributed by atoms with E-state index in [1.54, 1.807) is 0 Å². The number of rotatable bonds is 5. The Kier molecular flexibility index (Phi) is 5.81. The zero-order valence-electron chi connectivity index (χ0n) is 15.2. The normalized spacial score (nSPS) is 20.1. The number of carbonyl (C=O) groups is 1. The number of primary amides is 1. The number of nitrogens with two attached hydrogens (primary N) is 1. The summed E-state index contributed by atoms with van der Waals surface area (Å²) >= 11 is 0. The van der Waals surface area contributed by atoms with Crippen LogP contribution in [0, 0.1) is 5.92 Å². The van der Waals surface area contributed by atoms with E-state index in [9.17, 15) is 4.79 Å². The molecule has 0 atom stereocenters. The lowest BCUT2D eigenvalue weighted by atomic mass is 9.97. The number of carbonyl (C=O) groups excluding carboxylic acids is 1. The molecule has 0 saturated carbocycles. The molecule has 25 heavy (non-hydrogen) atoms. The highest BCUT2D eigenvalue weighted by Gasteiger charge is 2.23. The van der Waals surface area contributed by atoms with E-state index in [-0.39, 0.29) is 12.5 Å². The van der Waals surface area contributed by atoms with Crippen molar-refractivity contribution in [3.8, 4) is 0 Å². The summed E-state index contributed by atoms with van der Waals surface area (Å²) in [5, 5.41) is 9.08. The van der Waals surface area contributed by atoms with Gasteiger partial charge in [-0.2, -0.15) is 0 Å². The molecule has 1 amide bonds. The van der Waals surface area contributed by atoms with Crippen LogP contribution in [0.4, 0.5) is 11.4 Å². The molecule has 0 bridgehead atoms. The zero-order chi connectivity index (χ0) is 17.8. The van der Waals surface area contributed by atoms with Crippen molar-refractivity contribution < 1.29 is 9.90 Å². The van der Waals surface area contributed by atoms with Crippen LogP contribution in [-0.4, -0.2) is 68.3 Å². The highest BCUT2D eigenvalue weighted by atomic mass is 16.3. The number of benzene rings is 1.